The van der Waals surface area contributed by atoms with Crippen molar-refractivity contribution in [2.24, 2.45) is 5.92 Å². The average Bonchev–Trinajstić information content (AvgIpc) is 2.42. The van der Waals surface area contributed by atoms with Gasteiger partial charge in [-0.2, -0.15) is 0 Å². The lowest BCUT2D eigenvalue weighted by Crippen LogP contribution is -1.97. The van der Waals surface area contributed by atoms with E-state index in [9.17, 15) is 4.39 Å². The van der Waals surface area contributed by atoms with Gasteiger partial charge in [-0.3, -0.25) is 0 Å². The van der Waals surface area contributed by atoms with E-state index in [0.29, 0.717) is 11.4 Å². The third-order valence-electron chi connectivity index (χ3n) is 2.35. The molecule has 0 N–H and O–H groups in total. The van der Waals surface area contributed by atoms with Crippen molar-refractivity contribution < 1.29 is 4.39 Å². The third kappa shape index (κ3) is 5.96. The van der Waals surface area contributed by atoms with E-state index < -0.39 is 0 Å². The maximum atomic E-state index is 13.4. The van der Waals surface area contributed by atoms with Crippen LogP contribution >= 0.6 is 0 Å². The van der Waals surface area contributed by atoms with Gasteiger partial charge in [0.25, 0.3) is 0 Å². The lowest BCUT2D eigenvalue weighted by atomic mass is 10.1. The Bertz CT molecular complexity index is 506. The molecule has 1 heterocycles. The summed E-state index contributed by atoms with van der Waals surface area (Å²) >= 11 is 0. The SMILES string of the molecule is C=C.CC(C)Cc1ccc2cccc(F)c2n1.CCC. The minimum Gasteiger partial charge on any atom is -0.250 e. The van der Waals surface area contributed by atoms with E-state index >= 15 is 0 Å². The van der Waals surface area contributed by atoms with Gasteiger partial charge in [-0.25, -0.2) is 9.37 Å². The molecule has 0 atom stereocenters. The van der Waals surface area contributed by atoms with E-state index in [2.05, 4.69) is 45.8 Å². The van der Waals surface area contributed by atoms with Crippen LogP contribution in [-0.4, -0.2) is 4.98 Å². The summed E-state index contributed by atoms with van der Waals surface area (Å²) in [6.45, 7) is 14.5. The van der Waals surface area contributed by atoms with E-state index in [-0.39, 0.29) is 5.82 Å². The van der Waals surface area contributed by atoms with Gasteiger partial charge in [0, 0.05) is 11.1 Å². The number of halogens is 1. The summed E-state index contributed by atoms with van der Waals surface area (Å²) in [6, 6.07) is 8.95. The van der Waals surface area contributed by atoms with Crippen molar-refractivity contribution in [1.82, 2.24) is 4.98 Å². The molecule has 0 spiro atoms. The Kier molecular flexibility index (Phi) is 9.27. The molecule has 0 saturated heterocycles. The second kappa shape index (κ2) is 10.1. The average molecular weight is 275 g/mol. The Balaban J connectivity index is 0.000000641. The fourth-order valence-corrected chi connectivity index (χ4v) is 1.68. The van der Waals surface area contributed by atoms with Gasteiger partial charge in [0.2, 0.25) is 0 Å². The van der Waals surface area contributed by atoms with Gasteiger partial charge in [-0.15, -0.1) is 13.2 Å². The van der Waals surface area contributed by atoms with Crippen molar-refractivity contribution in [1.29, 1.82) is 0 Å². The molecule has 20 heavy (non-hydrogen) atoms. The van der Waals surface area contributed by atoms with Crippen LogP contribution in [0.15, 0.2) is 43.5 Å². The van der Waals surface area contributed by atoms with Gasteiger partial charge >= 0.3 is 0 Å². The highest BCUT2D eigenvalue weighted by Crippen LogP contribution is 2.17. The first kappa shape index (κ1) is 18.3. The van der Waals surface area contributed by atoms with E-state index in [4.69, 9.17) is 0 Å². The zero-order valence-corrected chi connectivity index (χ0v) is 13.1. The van der Waals surface area contributed by atoms with Gasteiger partial charge in [0.05, 0.1) is 0 Å². The molecule has 0 amide bonds. The van der Waals surface area contributed by atoms with E-state index in [1.54, 1.807) is 6.07 Å². The van der Waals surface area contributed by atoms with Crippen LogP contribution in [0.1, 0.15) is 39.8 Å². The maximum Gasteiger partial charge on any atom is 0.149 e. The molecule has 0 unspecified atom stereocenters. The van der Waals surface area contributed by atoms with Gasteiger partial charge in [-0.1, -0.05) is 52.3 Å². The van der Waals surface area contributed by atoms with Crippen molar-refractivity contribution in [3.05, 3.63) is 55.0 Å². The number of aromatic nitrogens is 1. The monoisotopic (exact) mass is 275 g/mol. The summed E-state index contributed by atoms with van der Waals surface area (Å²) in [5.74, 6) is 0.305. The normalized spacial score (nSPS) is 9.50. The molecule has 0 bridgehead atoms. The summed E-state index contributed by atoms with van der Waals surface area (Å²) in [4.78, 5) is 4.34. The standard InChI is InChI=1S/C13H14FN.C3H8.C2H4/c1-9(2)8-11-7-6-10-4-3-5-12(14)13(10)15-11;1-3-2;1-2/h3-7,9H,8H2,1-2H3;3H2,1-2H3;1-2H2. The molecule has 0 aliphatic rings. The molecule has 2 aromatic rings. The summed E-state index contributed by atoms with van der Waals surface area (Å²) in [6.07, 6.45) is 2.14. The smallest absolute Gasteiger partial charge is 0.149 e. The van der Waals surface area contributed by atoms with Crippen LogP contribution in [0.25, 0.3) is 10.9 Å². The molecule has 0 aliphatic heterocycles. The Morgan fingerprint density at radius 3 is 2.25 bits per heavy atom. The van der Waals surface area contributed by atoms with Crippen molar-refractivity contribution in [3.8, 4) is 0 Å². The van der Waals surface area contributed by atoms with E-state index in [1.807, 2.05) is 18.2 Å². The molecule has 2 rings (SSSR count). The fraction of sp³-hybridized carbons (Fsp3) is 0.389. The fourth-order valence-electron chi connectivity index (χ4n) is 1.68. The summed E-state index contributed by atoms with van der Waals surface area (Å²) in [5, 5.41) is 0.863. The molecular weight excluding hydrogens is 249 g/mol. The van der Waals surface area contributed by atoms with Crippen LogP contribution in [-0.2, 0) is 6.42 Å². The number of rotatable bonds is 2. The van der Waals surface area contributed by atoms with Crippen molar-refractivity contribution >= 4 is 10.9 Å². The highest BCUT2D eigenvalue weighted by Gasteiger charge is 2.04. The molecule has 1 aromatic carbocycles. The molecule has 1 aromatic heterocycles. The highest BCUT2D eigenvalue weighted by atomic mass is 19.1. The van der Waals surface area contributed by atoms with Gasteiger partial charge in [-0.05, 0) is 24.5 Å². The van der Waals surface area contributed by atoms with Crippen molar-refractivity contribution in [3.63, 3.8) is 0 Å². The van der Waals surface area contributed by atoms with Crippen LogP contribution < -0.4 is 0 Å². The molecular formula is C18H26FN. The minimum absolute atomic E-state index is 0.238. The lowest BCUT2D eigenvalue weighted by molar-refractivity contribution is 0.625. The van der Waals surface area contributed by atoms with Crippen LogP contribution in [0.4, 0.5) is 4.39 Å². The minimum atomic E-state index is -0.238. The second-order valence-corrected chi connectivity index (χ2v) is 4.92. The molecule has 0 fully saturated rings. The summed E-state index contributed by atoms with van der Waals surface area (Å²) < 4.78 is 13.4. The second-order valence-electron chi connectivity index (χ2n) is 4.92. The van der Waals surface area contributed by atoms with Crippen LogP contribution in [0, 0.1) is 11.7 Å². The zero-order valence-electron chi connectivity index (χ0n) is 13.1. The summed E-state index contributed by atoms with van der Waals surface area (Å²) in [7, 11) is 0. The third-order valence-corrected chi connectivity index (χ3v) is 2.35. The lowest BCUT2D eigenvalue weighted by Gasteiger charge is -2.05. The number of hydrogen-bond acceptors (Lipinski definition) is 1. The van der Waals surface area contributed by atoms with Gasteiger partial charge in [0.15, 0.2) is 0 Å². The van der Waals surface area contributed by atoms with Crippen LogP contribution in [0.5, 0.6) is 0 Å². The number of para-hydroxylation sites is 1. The Morgan fingerprint density at radius 2 is 1.70 bits per heavy atom. The first-order valence-electron chi connectivity index (χ1n) is 7.12. The molecule has 0 saturated carbocycles. The molecule has 0 radical (unpaired) electrons. The van der Waals surface area contributed by atoms with Crippen molar-refractivity contribution in [2.75, 3.05) is 0 Å². The quantitative estimate of drug-likeness (QED) is 0.632. The van der Waals surface area contributed by atoms with Gasteiger partial charge < -0.3 is 0 Å². The number of hydrogen-bond donors (Lipinski definition) is 0. The first-order valence-corrected chi connectivity index (χ1v) is 7.12. The van der Waals surface area contributed by atoms with Crippen LogP contribution in [0.2, 0.25) is 0 Å². The first-order chi connectivity index (χ1) is 9.58. The molecule has 2 heteroatoms. The Morgan fingerprint density at radius 1 is 1.10 bits per heavy atom. The van der Waals surface area contributed by atoms with E-state index in [1.165, 1.54) is 12.5 Å². The highest BCUT2D eigenvalue weighted by molar-refractivity contribution is 5.79. The van der Waals surface area contributed by atoms with E-state index in [0.717, 1.165) is 17.5 Å². The summed E-state index contributed by atoms with van der Waals surface area (Å²) in [5.41, 5.74) is 1.44. The van der Waals surface area contributed by atoms with Crippen LogP contribution in [0.3, 0.4) is 0 Å². The van der Waals surface area contributed by atoms with Gasteiger partial charge in [0.1, 0.15) is 11.3 Å². The molecule has 1 nitrogen and oxygen atoms in total. The number of benzene rings is 1. The topological polar surface area (TPSA) is 12.9 Å². The Labute approximate surface area is 122 Å². The predicted molar refractivity (Wildman–Crippen MR) is 87.5 cm³/mol. The Hall–Kier alpha value is -1.70. The largest absolute Gasteiger partial charge is 0.250 e. The molecule has 110 valence electrons. The molecule has 0 aliphatic carbocycles. The maximum absolute atomic E-state index is 13.4. The number of fused-ring (bicyclic) bond motifs is 1. The zero-order chi connectivity index (χ0) is 15.5. The number of nitrogens with zero attached hydrogens (tertiary/aromatic N) is 1. The predicted octanol–water partition coefficient (Wildman–Crippen LogP) is 5.79. The number of pyridine rings is 1. The van der Waals surface area contributed by atoms with Crippen molar-refractivity contribution in [2.45, 2.75) is 40.5 Å².